The van der Waals surface area contributed by atoms with Crippen LogP contribution in [-0.4, -0.2) is 22.8 Å². The number of aromatic nitrogens is 2. The quantitative estimate of drug-likeness (QED) is 0.154. The van der Waals surface area contributed by atoms with Crippen LogP contribution in [0, 0.1) is 0 Å². The average Bonchev–Trinajstić information content (AvgIpc) is 3.07. The van der Waals surface area contributed by atoms with Crippen molar-refractivity contribution in [1.29, 1.82) is 0 Å². The molecule has 2 N–H and O–H groups in total. The van der Waals surface area contributed by atoms with Crippen molar-refractivity contribution in [2.45, 2.75) is 12.5 Å². The SMILES string of the molecule is O/N=C/c1cc[n+](C2C=CC([n+]3ccc(/C=N/O)cc3)O2)cc1.[Br-].[Br-]. The number of hydrogen-bond acceptors (Lipinski definition) is 5. The molecule has 132 valence electrons. The van der Waals surface area contributed by atoms with Crippen molar-refractivity contribution in [1.82, 2.24) is 0 Å². The third-order valence-corrected chi connectivity index (χ3v) is 3.48. The second-order valence-corrected chi connectivity index (χ2v) is 4.95. The molecule has 0 amide bonds. The van der Waals surface area contributed by atoms with Crippen molar-refractivity contribution in [2.24, 2.45) is 10.3 Å². The van der Waals surface area contributed by atoms with E-state index in [1.165, 1.54) is 12.4 Å². The van der Waals surface area contributed by atoms with E-state index >= 15 is 0 Å². The molecule has 0 fully saturated rings. The molecule has 1 aliphatic rings. The minimum Gasteiger partial charge on any atom is -1.00 e. The van der Waals surface area contributed by atoms with E-state index in [0.717, 1.165) is 11.1 Å². The molecule has 9 heteroatoms. The van der Waals surface area contributed by atoms with Crippen LogP contribution in [0.2, 0.25) is 0 Å². The first-order valence-corrected chi connectivity index (χ1v) is 7.00. The number of oxime groups is 2. The maximum atomic E-state index is 8.52. The highest BCUT2D eigenvalue weighted by atomic mass is 79.9. The van der Waals surface area contributed by atoms with Crippen LogP contribution in [0.25, 0.3) is 0 Å². The van der Waals surface area contributed by atoms with Crippen LogP contribution in [0.3, 0.4) is 0 Å². The molecular weight excluding hydrogens is 456 g/mol. The summed E-state index contributed by atoms with van der Waals surface area (Å²) >= 11 is 0. The zero-order valence-corrected chi connectivity index (χ0v) is 16.1. The zero-order valence-electron chi connectivity index (χ0n) is 12.9. The van der Waals surface area contributed by atoms with Crippen molar-refractivity contribution in [3.63, 3.8) is 0 Å². The molecule has 0 bridgehead atoms. The molecule has 2 aromatic rings. The van der Waals surface area contributed by atoms with Gasteiger partial charge in [-0.05, 0) is 0 Å². The summed E-state index contributed by atoms with van der Waals surface area (Å²) in [5, 5.41) is 23.0. The number of ether oxygens (including phenoxy) is 1. The molecule has 0 aromatic carbocycles. The molecule has 2 unspecified atom stereocenters. The third kappa shape index (κ3) is 5.18. The Hall–Kier alpha value is -2.10. The van der Waals surface area contributed by atoms with Gasteiger partial charge in [-0.15, -0.1) is 0 Å². The van der Waals surface area contributed by atoms with E-state index in [1.807, 2.05) is 70.3 Å². The lowest BCUT2D eigenvalue weighted by Gasteiger charge is -2.07. The summed E-state index contributed by atoms with van der Waals surface area (Å²) in [5.74, 6) is 0. The molecule has 3 heterocycles. The molecule has 0 saturated carbocycles. The van der Waals surface area contributed by atoms with Crippen LogP contribution in [-0.2, 0) is 4.74 Å². The molecule has 2 aromatic heterocycles. The first-order valence-electron chi connectivity index (χ1n) is 7.00. The predicted molar refractivity (Wildman–Crippen MR) is 80.3 cm³/mol. The van der Waals surface area contributed by atoms with Crippen molar-refractivity contribution in [3.8, 4) is 0 Å². The van der Waals surface area contributed by atoms with Crippen molar-refractivity contribution in [3.05, 3.63) is 72.3 Å². The summed E-state index contributed by atoms with van der Waals surface area (Å²) in [5.41, 5.74) is 1.61. The van der Waals surface area contributed by atoms with Gasteiger partial charge in [0.15, 0.2) is 24.8 Å². The summed E-state index contributed by atoms with van der Waals surface area (Å²) in [6, 6.07) is 7.33. The minimum atomic E-state index is -0.203. The van der Waals surface area contributed by atoms with Gasteiger partial charge < -0.3 is 44.4 Å². The Balaban J connectivity index is 0.00000156. The van der Waals surface area contributed by atoms with Crippen molar-refractivity contribution < 1.29 is 58.2 Å². The molecule has 7 nitrogen and oxygen atoms in total. The molecule has 0 radical (unpaired) electrons. The fourth-order valence-corrected chi connectivity index (χ4v) is 2.31. The number of rotatable bonds is 4. The first kappa shape index (κ1) is 20.9. The monoisotopic (exact) mass is 470 g/mol. The van der Waals surface area contributed by atoms with Crippen LogP contribution in [0.4, 0.5) is 0 Å². The van der Waals surface area contributed by atoms with E-state index in [4.69, 9.17) is 15.2 Å². The average molecular weight is 472 g/mol. The van der Waals surface area contributed by atoms with Crippen LogP contribution < -0.4 is 43.1 Å². The Morgan fingerprint density at radius 2 is 1.12 bits per heavy atom. The lowest BCUT2D eigenvalue weighted by atomic mass is 10.3. The van der Waals surface area contributed by atoms with Gasteiger partial charge in [-0.25, -0.2) is 4.74 Å². The Morgan fingerprint density at radius 3 is 1.44 bits per heavy atom. The van der Waals surface area contributed by atoms with Gasteiger partial charge in [0.1, 0.15) is 0 Å². The van der Waals surface area contributed by atoms with E-state index in [-0.39, 0.29) is 46.4 Å². The van der Waals surface area contributed by atoms with Crippen LogP contribution in [0.15, 0.2) is 71.5 Å². The molecule has 25 heavy (non-hydrogen) atoms. The van der Waals surface area contributed by atoms with Gasteiger partial charge in [0, 0.05) is 47.5 Å². The molecular formula is C16H16Br2N4O3. The van der Waals surface area contributed by atoms with Crippen LogP contribution in [0.5, 0.6) is 0 Å². The summed E-state index contributed by atoms with van der Waals surface area (Å²) < 4.78 is 9.81. The number of nitrogens with zero attached hydrogens (tertiary/aromatic N) is 4. The summed E-state index contributed by atoms with van der Waals surface area (Å²) in [7, 11) is 0. The van der Waals surface area contributed by atoms with Crippen molar-refractivity contribution in [2.75, 3.05) is 0 Å². The zero-order chi connectivity index (χ0) is 16.1. The number of halogens is 2. The summed E-state index contributed by atoms with van der Waals surface area (Å²) in [6.07, 6.45) is 13.7. The third-order valence-electron chi connectivity index (χ3n) is 3.48. The molecule has 0 aliphatic carbocycles. The first-order chi connectivity index (χ1) is 11.3. The van der Waals surface area contributed by atoms with Crippen molar-refractivity contribution >= 4 is 12.4 Å². The largest absolute Gasteiger partial charge is 1.00 e. The van der Waals surface area contributed by atoms with Gasteiger partial charge in [-0.2, -0.15) is 9.13 Å². The van der Waals surface area contributed by atoms with Gasteiger partial charge in [-0.1, -0.05) is 10.3 Å². The maximum Gasteiger partial charge on any atom is 0.288 e. The standard InChI is InChI=1S/C16H14N4O3.2BrH/c21-17-11-13-3-7-19(8-4-13)15-1-2-16(23-15)20-9-5-14(6-10-20)12-18-22;;/h1-12,15-16H;2*1H. The lowest BCUT2D eigenvalue weighted by Crippen LogP contribution is -3.00. The summed E-state index contributed by atoms with van der Waals surface area (Å²) in [6.45, 7) is 0. The van der Waals surface area contributed by atoms with Crippen LogP contribution in [0.1, 0.15) is 23.6 Å². The highest BCUT2D eigenvalue weighted by molar-refractivity contribution is 5.78. The molecule has 2 atom stereocenters. The van der Waals surface area contributed by atoms with Gasteiger partial charge in [0.2, 0.25) is 0 Å². The highest BCUT2D eigenvalue weighted by Gasteiger charge is 2.31. The second kappa shape index (κ2) is 10.0. The predicted octanol–water partition coefficient (Wildman–Crippen LogP) is -4.83. The van der Waals surface area contributed by atoms with E-state index in [9.17, 15) is 0 Å². The Kier molecular flexibility index (Phi) is 8.39. The van der Waals surface area contributed by atoms with Gasteiger partial charge in [0.05, 0.1) is 12.4 Å². The Morgan fingerprint density at radius 1 is 0.760 bits per heavy atom. The number of hydrogen-bond donors (Lipinski definition) is 2. The van der Waals surface area contributed by atoms with E-state index < -0.39 is 0 Å². The van der Waals surface area contributed by atoms with E-state index in [0.29, 0.717) is 0 Å². The smallest absolute Gasteiger partial charge is 0.288 e. The van der Waals surface area contributed by atoms with Gasteiger partial charge >= 0.3 is 0 Å². The topological polar surface area (TPSA) is 82.2 Å². The van der Waals surface area contributed by atoms with E-state index in [2.05, 4.69) is 10.3 Å². The molecule has 3 rings (SSSR count). The van der Waals surface area contributed by atoms with Crippen LogP contribution >= 0.6 is 0 Å². The molecule has 0 spiro atoms. The highest BCUT2D eigenvalue weighted by Crippen LogP contribution is 2.19. The maximum absolute atomic E-state index is 8.52. The van der Waals surface area contributed by atoms with Gasteiger partial charge in [0.25, 0.3) is 12.5 Å². The molecule has 1 aliphatic heterocycles. The number of pyridine rings is 2. The minimum absolute atomic E-state index is 0. The summed E-state index contributed by atoms with van der Waals surface area (Å²) in [4.78, 5) is 0. The van der Waals surface area contributed by atoms with Gasteiger partial charge in [-0.3, -0.25) is 0 Å². The van der Waals surface area contributed by atoms with E-state index in [1.54, 1.807) is 0 Å². The fourth-order valence-electron chi connectivity index (χ4n) is 2.31. The fraction of sp³-hybridized carbons (Fsp3) is 0.125. The Labute approximate surface area is 165 Å². The normalized spacial score (nSPS) is 19.0. The second-order valence-electron chi connectivity index (χ2n) is 4.95. The lowest BCUT2D eigenvalue weighted by molar-refractivity contribution is -0.804. The Bertz CT molecular complexity index is 685. The molecule has 0 saturated heterocycles.